The molecule has 0 fully saturated rings. The molecule has 0 saturated carbocycles. The maximum Gasteiger partial charge on any atom is 0.344 e. The fourth-order valence-corrected chi connectivity index (χ4v) is 3.30. The highest BCUT2D eigenvalue weighted by molar-refractivity contribution is 9.10. The van der Waals surface area contributed by atoms with Gasteiger partial charge in [0.1, 0.15) is 0 Å². The van der Waals surface area contributed by atoms with Gasteiger partial charge in [0.25, 0.3) is 5.89 Å². The maximum atomic E-state index is 12.2. The Hall–Kier alpha value is -2.53. The second kappa shape index (κ2) is 7.00. The molecule has 0 bridgehead atoms. The first-order valence-electron chi connectivity index (χ1n) is 7.28. The zero-order valence-electron chi connectivity index (χ0n) is 13.7. The zero-order valence-corrected chi connectivity index (χ0v) is 16.1. The molecule has 2 aromatic rings. The van der Waals surface area contributed by atoms with E-state index in [1.807, 2.05) is 24.3 Å². The number of nitrogens with zero attached hydrogens (tertiary/aromatic N) is 4. The normalized spacial score (nSPS) is 16.0. The van der Waals surface area contributed by atoms with Crippen molar-refractivity contribution >= 4 is 37.8 Å². The SMILES string of the molecule is CC1=NS(=O)(=O)N(C)C=C1C(=O)OCc1nc(-c2cccc(Br)c2)no1. The number of rotatable bonds is 4. The van der Waals surface area contributed by atoms with Crippen LogP contribution in [-0.4, -0.2) is 41.6 Å². The molecule has 136 valence electrons. The van der Waals surface area contributed by atoms with Crippen LogP contribution >= 0.6 is 15.9 Å². The number of halogens is 1. The Morgan fingerprint density at radius 2 is 2.15 bits per heavy atom. The molecule has 0 spiro atoms. The van der Waals surface area contributed by atoms with Crippen LogP contribution in [0.2, 0.25) is 0 Å². The standard InChI is InChI=1S/C15H13BrN4O5S/c1-9-12(7-20(2)26(22,23)19-9)15(21)24-8-13-17-14(18-25-13)10-4-3-5-11(16)6-10/h3-7H,8H2,1-2H3. The molecule has 11 heteroatoms. The molecule has 9 nitrogen and oxygen atoms in total. The molecule has 1 aliphatic heterocycles. The molecule has 0 atom stereocenters. The van der Waals surface area contributed by atoms with Gasteiger partial charge in [-0.1, -0.05) is 33.2 Å². The van der Waals surface area contributed by atoms with E-state index in [9.17, 15) is 13.2 Å². The largest absolute Gasteiger partial charge is 0.452 e. The first kappa shape index (κ1) is 18.3. The van der Waals surface area contributed by atoms with Crippen molar-refractivity contribution in [3.05, 3.63) is 46.4 Å². The van der Waals surface area contributed by atoms with E-state index in [1.165, 1.54) is 14.0 Å². The highest BCUT2D eigenvalue weighted by Crippen LogP contribution is 2.21. The van der Waals surface area contributed by atoms with Crippen LogP contribution in [0, 0.1) is 0 Å². The van der Waals surface area contributed by atoms with Gasteiger partial charge in [-0.2, -0.15) is 13.4 Å². The molecular weight excluding hydrogens is 428 g/mol. The number of hydrogen-bond acceptors (Lipinski definition) is 7. The minimum Gasteiger partial charge on any atom is -0.452 e. The predicted octanol–water partition coefficient (Wildman–Crippen LogP) is 2.08. The van der Waals surface area contributed by atoms with Gasteiger partial charge >= 0.3 is 16.2 Å². The van der Waals surface area contributed by atoms with Crippen molar-refractivity contribution in [3.63, 3.8) is 0 Å². The molecule has 0 aliphatic carbocycles. The Labute approximate surface area is 157 Å². The predicted molar refractivity (Wildman–Crippen MR) is 95.1 cm³/mol. The minimum atomic E-state index is -3.78. The van der Waals surface area contributed by atoms with Gasteiger partial charge in [-0.3, -0.25) is 4.31 Å². The summed E-state index contributed by atoms with van der Waals surface area (Å²) in [6.07, 6.45) is 1.15. The van der Waals surface area contributed by atoms with Crippen molar-refractivity contribution in [3.8, 4) is 11.4 Å². The van der Waals surface area contributed by atoms with Crippen molar-refractivity contribution in [1.82, 2.24) is 14.4 Å². The van der Waals surface area contributed by atoms with E-state index >= 15 is 0 Å². The molecule has 1 aromatic heterocycles. The number of ether oxygens (including phenoxy) is 1. The Balaban J connectivity index is 1.69. The number of benzene rings is 1. The van der Waals surface area contributed by atoms with Crippen LogP contribution in [0.3, 0.4) is 0 Å². The van der Waals surface area contributed by atoms with Crippen LogP contribution in [0.25, 0.3) is 11.4 Å². The number of carbonyl (C=O) groups excluding carboxylic acids is 1. The van der Waals surface area contributed by atoms with E-state index in [0.717, 1.165) is 20.5 Å². The van der Waals surface area contributed by atoms with Crippen LogP contribution in [0.1, 0.15) is 12.8 Å². The first-order chi connectivity index (χ1) is 12.3. The highest BCUT2D eigenvalue weighted by Gasteiger charge is 2.26. The Bertz CT molecular complexity index is 1030. The number of esters is 1. The van der Waals surface area contributed by atoms with E-state index in [4.69, 9.17) is 9.26 Å². The lowest BCUT2D eigenvalue weighted by atomic mass is 10.2. The van der Waals surface area contributed by atoms with E-state index in [0.29, 0.717) is 5.82 Å². The van der Waals surface area contributed by atoms with Gasteiger partial charge in [-0.15, -0.1) is 4.40 Å². The molecule has 0 radical (unpaired) electrons. The summed E-state index contributed by atoms with van der Waals surface area (Å²) >= 11 is 3.36. The summed E-state index contributed by atoms with van der Waals surface area (Å²) < 4.78 is 38.6. The van der Waals surface area contributed by atoms with Gasteiger partial charge in [0.05, 0.1) is 11.3 Å². The average molecular weight is 441 g/mol. The Kier molecular flexibility index (Phi) is 4.92. The monoisotopic (exact) mass is 440 g/mol. The molecule has 0 unspecified atom stereocenters. The van der Waals surface area contributed by atoms with Crippen LogP contribution in [0.15, 0.2) is 49.4 Å². The number of carbonyl (C=O) groups is 1. The summed E-state index contributed by atoms with van der Waals surface area (Å²) in [6.45, 7) is 1.16. The molecule has 0 amide bonds. The molecule has 2 heterocycles. The van der Waals surface area contributed by atoms with Crippen molar-refractivity contribution in [2.45, 2.75) is 13.5 Å². The topological polar surface area (TPSA) is 115 Å². The molecule has 0 N–H and O–H groups in total. The fourth-order valence-electron chi connectivity index (χ4n) is 2.09. The van der Waals surface area contributed by atoms with Crippen LogP contribution in [-0.2, 0) is 26.3 Å². The van der Waals surface area contributed by atoms with E-state index in [2.05, 4.69) is 30.5 Å². The van der Waals surface area contributed by atoms with E-state index in [-0.39, 0.29) is 23.8 Å². The van der Waals surface area contributed by atoms with Crippen molar-refractivity contribution in [1.29, 1.82) is 0 Å². The van der Waals surface area contributed by atoms with Gasteiger partial charge in [0, 0.05) is 23.3 Å². The van der Waals surface area contributed by atoms with Gasteiger partial charge in [0.15, 0.2) is 6.61 Å². The summed E-state index contributed by atoms with van der Waals surface area (Å²) in [6, 6.07) is 7.33. The van der Waals surface area contributed by atoms with Gasteiger partial charge in [0.2, 0.25) is 5.82 Å². The number of aromatic nitrogens is 2. The number of hydrogen-bond donors (Lipinski definition) is 0. The third-order valence-electron chi connectivity index (χ3n) is 3.41. The third kappa shape index (κ3) is 3.83. The highest BCUT2D eigenvalue weighted by atomic mass is 79.9. The summed E-state index contributed by atoms with van der Waals surface area (Å²) in [7, 11) is -2.50. The summed E-state index contributed by atoms with van der Waals surface area (Å²) in [5, 5.41) is 3.84. The molecule has 1 aliphatic rings. The van der Waals surface area contributed by atoms with Crippen molar-refractivity contribution in [2.75, 3.05) is 7.05 Å². The molecule has 0 saturated heterocycles. The Morgan fingerprint density at radius 3 is 2.88 bits per heavy atom. The first-order valence-corrected chi connectivity index (χ1v) is 9.47. The zero-order chi connectivity index (χ0) is 18.9. The molecular formula is C15H13BrN4O5S. The van der Waals surface area contributed by atoms with Gasteiger partial charge < -0.3 is 9.26 Å². The summed E-state index contributed by atoms with van der Waals surface area (Å²) in [5.41, 5.74) is 0.827. The second-order valence-electron chi connectivity index (χ2n) is 5.31. The van der Waals surface area contributed by atoms with Crippen LogP contribution < -0.4 is 0 Å². The third-order valence-corrected chi connectivity index (χ3v) is 5.25. The van der Waals surface area contributed by atoms with Gasteiger partial charge in [-0.05, 0) is 19.1 Å². The fraction of sp³-hybridized carbons (Fsp3) is 0.200. The molecule has 26 heavy (non-hydrogen) atoms. The smallest absolute Gasteiger partial charge is 0.344 e. The second-order valence-corrected chi connectivity index (χ2v) is 7.88. The quantitative estimate of drug-likeness (QED) is 0.668. The van der Waals surface area contributed by atoms with Gasteiger partial charge in [-0.25, -0.2) is 4.79 Å². The van der Waals surface area contributed by atoms with Crippen LogP contribution in [0.4, 0.5) is 0 Å². The van der Waals surface area contributed by atoms with Crippen LogP contribution in [0.5, 0.6) is 0 Å². The van der Waals surface area contributed by atoms with Crippen molar-refractivity contribution in [2.24, 2.45) is 4.40 Å². The van der Waals surface area contributed by atoms with E-state index < -0.39 is 16.2 Å². The maximum absolute atomic E-state index is 12.2. The lowest BCUT2D eigenvalue weighted by molar-refractivity contribution is -0.140. The summed E-state index contributed by atoms with van der Waals surface area (Å²) in [4.78, 5) is 16.3. The average Bonchev–Trinajstić information content (AvgIpc) is 3.04. The van der Waals surface area contributed by atoms with E-state index in [1.54, 1.807) is 0 Å². The molecule has 3 rings (SSSR count). The Morgan fingerprint density at radius 1 is 1.38 bits per heavy atom. The lowest BCUT2D eigenvalue weighted by Gasteiger charge is -2.18. The summed E-state index contributed by atoms with van der Waals surface area (Å²) in [5.74, 6) is -0.270. The lowest BCUT2D eigenvalue weighted by Crippen LogP contribution is -2.29. The minimum absolute atomic E-state index is 0.0362. The van der Waals surface area contributed by atoms with Crippen molar-refractivity contribution < 1.29 is 22.5 Å². The molecule has 1 aromatic carbocycles.